The van der Waals surface area contributed by atoms with Crippen molar-refractivity contribution in [2.45, 2.75) is 45.1 Å². The summed E-state index contributed by atoms with van der Waals surface area (Å²) < 4.78 is 19.2. The number of methoxy groups -OCH3 is 1. The molecular formula is C15H22FNO. The highest BCUT2D eigenvalue weighted by Crippen LogP contribution is 2.46. The van der Waals surface area contributed by atoms with Gasteiger partial charge in [0.25, 0.3) is 0 Å². The second kappa shape index (κ2) is 4.54. The molecule has 0 spiro atoms. The second-order valence-electron chi connectivity index (χ2n) is 6.00. The van der Waals surface area contributed by atoms with Gasteiger partial charge in [0.05, 0.1) is 7.11 Å². The third kappa shape index (κ3) is 2.12. The smallest absolute Gasteiger partial charge is 0.168 e. The first-order valence-electron chi connectivity index (χ1n) is 6.50. The average molecular weight is 251 g/mol. The van der Waals surface area contributed by atoms with Gasteiger partial charge < -0.3 is 10.5 Å². The maximum atomic E-state index is 14.2. The van der Waals surface area contributed by atoms with E-state index < -0.39 is 0 Å². The lowest BCUT2D eigenvalue weighted by Gasteiger charge is -2.38. The van der Waals surface area contributed by atoms with Gasteiger partial charge in [-0.3, -0.25) is 0 Å². The molecule has 0 bridgehead atoms. The van der Waals surface area contributed by atoms with Crippen LogP contribution in [0, 0.1) is 11.2 Å². The Bertz CT molecular complexity index is 444. The van der Waals surface area contributed by atoms with E-state index in [9.17, 15) is 4.39 Å². The predicted molar refractivity (Wildman–Crippen MR) is 71.2 cm³/mol. The van der Waals surface area contributed by atoms with Crippen LogP contribution in [0.2, 0.25) is 0 Å². The minimum atomic E-state index is -0.319. The van der Waals surface area contributed by atoms with Crippen LogP contribution in [0.15, 0.2) is 18.2 Å². The average Bonchev–Trinajstić information content (AvgIpc) is 2.56. The molecule has 2 N–H and O–H groups in total. The van der Waals surface area contributed by atoms with Crippen molar-refractivity contribution in [1.82, 2.24) is 0 Å². The molecule has 1 atom stereocenters. The minimum absolute atomic E-state index is 0.0581. The van der Waals surface area contributed by atoms with Gasteiger partial charge in [-0.25, -0.2) is 4.39 Å². The van der Waals surface area contributed by atoms with E-state index >= 15 is 0 Å². The molecule has 1 aromatic carbocycles. The Morgan fingerprint density at radius 3 is 2.61 bits per heavy atom. The topological polar surface area (TPSA) is 35.2 Å². The van der Waals surface area contributed by atoms with E-state index in [0.29, 0.717) is 17.7 Å². The predicted octanol–water partition coefficient (Wildman–Crippen LogP) is 3.28. The summed E-state index contributed by atoms with van der Waals surface area (Å²) in [6, 6.07) is 5.27. The Balaban J connectivity index is 2.29. The van der Waals surface area contributed by atoms with Crippen molar-refractivity contribution >= 4 is 0 Å². The van der Waals surface area contributed by atoms with Crippen LogP contribution in [0.1, 0.15) is 38.7 Å². The summed E-state index contributed by atoms with van der Waals surface area (Å²) in [4.78, 5) is 0. The minimum Gasteiger partial charge on any atom is -0.494 e. The molecule has 1 aromatic rings. The van der Waals surface area contributed by atoms with E-state index in [4.69, 9.17) is 10.5 Å². The molecule has 1 saturated carbocycles. The van der Waals surface area contributed by atoms with Crippen LogP contribution in [0.4, 0.5) is 4.39 Å². The van der Waals surface area contributed by atoms with E-state index in [1.54, 1.807) is 12.1 Å². The summed E-state index contributed by atoms with van der Waals surface area (Å²) in [6.07, 6.45) is 3.75. The molecule has 18 heavy (non-hydrogen) atoms. The molecule has 0 radical (unpaired) electrons. The van der Waals surface area contributed by atoms with Crippen molar-refractivity contribution in [2.75, 3.05) is 7.11 Å². The first-order valence-corrected chi connectivity index (χ1v) is 6.50. The zero-order chi connectivity index (χ0) is 13.4. The van der Waals surface area contributed by atoms with Crippen molar-refractivity contribution < 1.29 is 9.13 Å². The van der Waals surface area contributed by atoms with E-state index in [1.165, 1.54) is 7.11 Å². The zero-order valence-electron chi connectivity index (χ0n) is 11.4. The van der Waals surface area contributed by atoms with Crippen LogP contribution >= 0.6 is 0 Å². The molecular weight excluding hydrogens is 229 g/mol. The summed E-state index contributed by atoms with van der Waals surface area (Å²) in [5.74, 6) is 0.0272. The monoisotopic (exact) mass is 251 g/mol. The standard InChI is InChI=1S/C15H22FNO/c1-14(2)8-5-9-15(14,17)10-11-6-4-7-12(18-3)13(11)16/h4,6-7H,5,8-10,17H2,1-3H3. The lowest BCUT2D eigenvalue weighted by Crippen LogP contribution is -2.50. The molecule has 1 fully saturated rings. The molecule has 1 aliphatic rings. The number of nitrogens with two attached hydrogens (primary N) is 1. The Labute approximate surface area is 108 Å². The first-order chi connectivity index (χ1) is 8.39. The number of halogens is 1. The number of hydrogen-bond donors (Lipinski definition) is 1. The lowest BCUT2D eigenvalue weighted by molar-refractivity contribution is 0.205. The van der Waals surface area contributed by atoms with Crippen molar-refractivity contribution in [1.29, 1.82) is 0 Å². The highest BCUT2D eigenvalue weighted by atomic mass is 19.1. The molecule has 0 saturated heterocycles. The summed E-state index contributed by atoms with van der Waals surface area (Å²) in [5, 5.41) is 0. The maximum absolute atomic E-state index is 14.2. The maximum Gasteiger partial charge on any atom is 0.168 e. The van der Waals surface area contributed by atoms with Gasteiger partial charge in [-0.1, -0.05) is 32.4 Å². The van der Waals surface area contributed by atoms with Crippen LogP contribution < -0.4 is 10.5 Å². The third-order valence-electron chi connectivity index (χ3n) is 4.54. The molecule has 3 heteroatoms. The Kier molecular flexibility index (Phi) is 3.37. The van der Waals surface area contributed by atoms with Gasteiger partial charge in [-0.05, 0) is 36.3 Å². The van der Waals surface area contributed by atoms with Crippen LogP contribution in [0.25, 0.3) is 0 Å². The fraction of sp³-hybridized carbons (Fsp3) is 0.600. The van der Waals surface area contributed by atoms with Gasteiger partial charge >= 0.3 is 0 Å². The summed E-state index contributed by atoms with van der Waals surface area (Å²) >= 11 is 0. The fourth-order valence-electron chi connectivity index (χ4n) is 2.95. The highest BCUT2D eigenvalue weighted by Gasteiger charge is 2.45. The quantitative estimate of drug-likeness (QED) is 0.894. The van der Waals surface area contributed by atoms with E-state index in [0.717, 1.165) is 19.3 Å². The van der Waals surface area contributed by atoms with E-state index in [-0.39, 0.29) is 16.8 Å². The number of benzene rings is 1. The van der Waals surface area contributed by atoms with Gasteiger partial charge in [-0.2, -0.15) is 0 Å². The van der Waals surface area contributed by atoms with Crippen molar-refractivity contribution in [3.63, 3.8) is 0 Å². The second-order valence-corrected chi connectivity index (χ2v) is 6.00. The molecule has 1 unspecified atom stereocenters. The molecule has 100 valence electrons. The molecule has 2 rings (SSSR count). The summed E-state index contributed by atoms with van der Waals surface area (Å²) in [5.41, 5.74) is 6.92. The van der Waals surface area contributed by atoms with Gasteiger partial charge in [0.1, 0.15) is 0 Å². The Hall–Kier alpha value is -1.09. The van der Waals surface area contributed by atoms with Gasteiger partial charge in [0.15, 0.2) is 11.6 Å². The van der Waals surface area contributed by atoms with E-state index in [1.807, 2.05) is 6.07 Å². The fourth-order valence-corrected chi connectivity index (χ4v) is 2.95. The number of rotatable bonds is 3. The molecule has 2 nitrogen and oxygen atoms in total. The van der Waals surface area contributed by atoms with Crippen LogP contribution in [-0.2, 0) is 6.42 Å². The Morgan fingerprint density at radius 2 is 2.06 bits per heavy atom. The van der Waals surface area contributed by atoms with Crippen LogP contribution in [0.5, 0.6) is 5.75 Å². The molecule has 0 aromatic heterocycles. The lowest BCUT2D eigenvalue weighted by atomic mass is 9.72. The highest BCUT2D eigenvalue weighted by molar-refractivity contribution is 5.32. The number of hydrogen-bond acceptors (Lipinski definition) is 2. The van der Waals surface area contributed by atoms with Crippen LogP contribution in [0.3, 0.4) is 0 Å². The molecule has 0 heterocycles. The number of ether oxygens (including phenoxy) is 1. The summed E-state index contributed by atoms with van der Waals surface area (Å²) in [6.45, 7) is 4.36. The molecule has 0 aliphatic heterocycles. The SMILES string of the molecule is COc1cccc(CC2(N)CCCC2(C)C)c1F. The van der Waals surface area contributed by atoms with Gasteiger partial charge in [-0.15, -0.1) is 0 Å². The van der Waals surface area contributed by atoms with Gasteiger partial charge in [0, 0.05) is 5.54 Å². The third-order valence-corrected chi connectivity index (χ3v) is 4.54. The normalized spacial score (nSPS) is 26.3. The molecule has 1 aliphatic carbocycles. The van der Waals surface area contributed by atoms with Crippen molar-refractivity contribution in [2.24, 2.45) is 11.1 Å². The van der Waals surface area contributed by atoms with E-state index in [2.05, 4.69) is 13.8 Å². The summed E-state index contributed by atoms with van der Waals surface area (Å²) in [7, 11) is 1.49. The zero-order valence-corrected chi connectivity index (χ0v) is 11.4. The van der Waals surface area contributed by atoms with Crippen LogP contribution in [-0.4, -0.2) is 12.6 Å². The Morgan fingerprint density at radius 1 is 1.33 bits per heavy atom. The largest absolute Gasteiger partial charge is 0.494 e. The van der Waals surface area contributed by atoms with Crippen molar-refractivity contribution in [3.8, 4) is 5.75 Å². The van der Waals surface area contributed by atoms with Gasteiger partial charge in [0.2, 0.25) is 0 Å². The van der Waals surface area contributed by atoms with Crippen molar-refractivity contribution in [3.05, 3.63) is 29.6 Å². The first kappa shape index (κ1) is 13.3. The molecule has 0 amide bonds.